The van der Waals surface area contributed by atoms with Crippen LogP contribution in [0.4, 0.5) is 10.2 Å². The quantitative estimate of drug-likeness (QED) is 0.437. The number of halogens is 1. The molecule has 24 heavy (non-hydrogen) atoms. The average Bonchev–Trinajstić information content (AvgIpc) is 3.09. The molecule has 0 aliphatic carbocycles. The second kappa shape index (κ2) is 6.91. The average molecular weight is 343 g/mol. The maximum Gasteiger partial charge on any atom is 0.312 e. The van der Waals surface area contributed by atoms with E-state index in [1.165, 1.54) is 18.0 Å². The van der Waals surface area contributed by atoms with Crippen LogP contribution in [0.3, 0.4) is 0 Å². The molecule has 0 aromatic carbocycles. The predicted molar refractivity (Wildman–Crippen MR) is 78.3 cm³/mol. The third-order valence-electron chi connectivity index (χ3n) is 3.79. The van der Waals surface area contributed by atoms with Gasteiger partial charge in [-0.05, 0) is 0 Å². The third kappa shape index (κ3) is 2.91. The molecule has 10 nitrogen and oxygen atoms in total. The number of ether oxygens (including phenoxy) is 3. The van der Waals surface area contributed by atoms with Crippen molar-refractivity contribution in [3.8, 4) is 0 Å². The lowest BCUT2D eigenvalue weighted by Crippen LogP contribution is -2.36. The molecule has 132 valence electrons. The summed E-state index contributed by atoms with van der Waals surface area (Å²) in [7, 11) is 1.52. The SMILES string of the molecule is COCCO[C@@H]1[C@H](O)[C@@H](CO)O[C@H]1n1cnc2c(N)nc(F)nc21. The van der Waals surface area contributed by atoms with Crippen molar-refractivity contribution in [1.29, 1.82) is 0 Å². The lowest BCUT2D eigenvalue weighted by atomic mass is 10.1. The van der Waals surface area contributed by atoms with Crippen LogP contribution >= 0.6 is 0 Å². The Morgan fingerprint density at radius 3 is 2.92 bits per heavy atom. The van der Waals surface area contributed by atoms with Crippen LogP contribution in [0, 0.1) is 6.08 Å². The van der Waals surface area contributed by atoms with E-state index in [0.717, 1.165) is 0 Å². The molecule has 2 aromatic heterocycles. The van der Waals surface area contributed by atoms with E-state index < -0.39 is 37.2 Å². The smallest absolute Gasteiger partial charge is 0.312 e. The van der Waals surface area contributed by atoms with Gasteiger partial charge in [-0.3, -0.25) is 4.57 Å². The van der Waals surface area contributed by atoms with E-state index in [4.69, 9.17) is 19.9 Å². The molecular formula is C13H18FN5O5. The van der Waals surface area contributed by atoms with Gasteiger partial charge in [0.25, 0.3) is 0 Å². The van der Waals surface area contributed by atoms with Gasteiger partial charge in [0.2, 0.25) is 0 Å². The van der Waals surface area contributed by atoms with Crippen molar-refractivity contribution in [2.24, 2.45) is 0 Å². The van der Waals surface area contributed by atoms with E-state index in [9.17, 15) is 14.6 Å². The summed E-state index contributed by atoms with van der Waals surface area (Å²) in [6.45, 7) is 0.114. The molecule has 4 atom stereocenters. The van der Waals surface area contributed by atoms with Crippen molar-refractivity contribution < 1.29 is 28.8 Å². The van der Waals surface area contributed by atoms with Crippen LogP contribution in [0.25, 0.3) is 11.2 Å². The van der Waals surface area contributed by atoms with Gasteiger partial charge < -0.3 is 30.2 Å². The number of aliphatic hydroxyl groups is 2. The molecule has 0 bridgehead atoms. The van der Waals surface area contributed by atoms with Crippen LogP contribution in [0.15, 0.2) is 6.33 Å². The first kappa shape index (κ1) is 16.9. The fourth-order valence-electron chi connectivity index (χ4n) is 2.64. The Labute approximate surface area is 136 Å². The summed E-state index contributed by atoms with van der Waals surface area (Å²) < 4.78 is 31.0. The molecule has 0 unspecified atom stereocenters. The number of rotatable bonds is 6. The first-order chi connectivity index (χ1) is 11.6. The summed E-state index contributed by atoms with van der Waals surface area (Å²) in [5.74, 6) is -0.106. The number of anilines is 1. The summed E-state index contributed by atoms with van der Waals surface area (Å²) in [5.41, 5.74) is 5.95. The van der Waals surface area contributed by atoms with E-state index in [0.29, 0.717) is 6.61 Å². The Morgan fingerprint density at radius 1 is 1.42 bits per heavy atom. The van der Waals surface area contributed by atoms with Crippen LogP contribution < -0.4 is 5.73 Å². The molecule has 3 rings (SSSR count). The van der Waals surface area contributed by atoms with Crippen LogP contribution in [0.5, 0.6) is 0 Å². The Bertz CT molecular complexity index is 713. The fourth-order valence-corrected chi connectivity index (χ4v) is 2.64. The van der Waals surface area contributed by atoms with Crippen molar-refractivity contribution in [1.82, 2.24) is 19.5 Å². The van der Waals surface area contributed by atoms with Crippen molar-refractivity contribution in [2.45, 2.75) is 24.5 Å². The van der Waals surface area contributed by atoms with Gasteiger partial charge in [0.15, 0.2) is 23.2 Å². The number of nitrogens with two attached hydrogens (primary N) is 1. The third-order valence-corrected chi connectivity index (χ3v) is 3.79. The first-order valence-corrected chi connectivity index (χ1v) is 7.27. The number of aliphatic hydroxyl groups excluding tert-OH is 2. The molecule has 0 spiro atoms. The largest absolute Gasteiger partial charge is 0.394 e. The van der Waals surface area contributed by atoms with Crippen LogP contribution in [-0.2, 0) is 14.2 Å². The molecule has 0 radical (unpaired) electrons. The molecular weight excluding hydrogens is 325 g/mol. The molecule has 0 amide bonds. The number of hydrogen-bond donors (Lipinski definition) is 3. The number of nitrogens with zero attached hydrogens (tertiary/aromatic N) is 4. The van der Waals surface area contributed by atoms with Gasteiger partial charge in [-0.25, -0.2) is 4.98 Å². The fraction of sp³-hybridized carbons (Fsp3) is 0.615. The van der Waals surface area contributed by atoms with Gasteiger partial charge in [0.1, 0.15) is 18.3 Å². The monoisotopic (exact) mass is 343 g/mol. The Morgan fingerprint density at radius 2 is 2.21 bits per heavy atom. The van der Waals surface area contributed by atoms with E-state index in [1.807, 2.05) is 0 Å². The summed E-state index contributed by atoms with van der Waals surface area (Å²) in [5, 5.41) is 19.6. The van der Waals surface area contributed by atoms with Crippen molar-refractivity contribution in [3.63, 3.8) is 0 Å². The Hall–Kier alpha value is -1.92. The lowest BCUT2D eigenvalue weighted by Gasteiger charge is -2.21. The highest BCUT2D eigenvalue weighted by molar-refractivity contribution is 5.81. The molecule has 3 heterocycles. The topological polar surface area (TPSA) is 138 Å². The Kier molecular flexibility index (Phi) is 4.87. The molecule has 1 saturated heterocycles. The molecule has 2 aromatic rings. The number of fused-ring (bicyclic) bond motifs is 1. The van der Waals surface area contributed by atoms with E-state index in [-0.39, 0.29) is 23.6 Å². The number of hydrogen-bond acceptors (Lipinski definition) is 9. The maximum absolute atomic E-state index is 13.5. The maximum atomic E-state index is 13.5. The number of aromatic nitrogens is 4. The van der Waals surface area contributed by atoms with Crippen LogP contribution in [0.2, 0.25) is 0 Å². The number of imidazole rings is 1. The number of nitrogen functional groups attached to an aromatic ring is 1. The van der Waals surface area contributed by atoms with E-state index in [2.05, 4.69) is 15.0 Å². The second-order valence-corrected chi connectivity index (χ2v) is 5.27. The van der Waals surface area contributed by atoms with Gasteiger partial charge in [-0.15, -0.1) is 0 Å². The second-order valence-electron chi connectivity index (χ2n) is 5.27. The zero-order valence-electron chi connectivity index (χ0n) is 12.9. The van der Waals surface area contributed by atoms with Gasteiger partial charge in [0, 0.05) is 7.11 Å². The number of methoxy groups -OCH3 is 1. The van der Waals surface area contributed by atoms with Crippen molar-refractivity contribution in [3.05, 3.63) is 12.4 Å². The summed E-state index contributed by atoms with van der Waals surface area (Å²) in [4.78, 5) is 11.2. The van der Waals surface area contributed by atoms with E-state index in [1.54, 1.807) is 0 Å². The zero-order valence-corrected chi connectivity index (χ0v) is 12.9. The molecule has 1 aliphatic rings. The lowest BCUT2D eigenvalue weighted by molar-refractivity contribution is -0.0786. The molecule has 11 heteroatoms. The highest BCUT2D eigenvalue weighted by Gasteiger charge is 2.45. The summed E-state index contributed by atoms with van der Waals surface area (Å²) in [6, 6.07) is 0. The normalized spacial score (nSPS) is 27.2. The first-order valence-electron chi connectivity index (χ1n) is 7.27. The standard InChI is InChI=1S/C13H18FN5O5/c1-22-2-3-23-9-8(21)6(4-20)24-12(9)19-5-16-7-10(15)17-13(14)18-11(7)19/h5-6,8-9,12,20-21H,2-4H2,1H3,(H2,15,17,18)/t6-,8-,9-,12-/m1/s1. The van der Waals surface area contributed by atoms with Crippen LogP contribution in [0.1, 0.15) is 6.23 Å². The van der Waals surface area contributed by atoms with Crippen molar-refractivity contribution in [2.75, 3.05) is 32.7 Å². The van der Waals surface area contributed by atoms with Crippen molar-refractivity contribution >= 4 is 17.0 Å². The molecule has 1 fully saturated rings. The van der Waals surface area contributed by atoms with Gasteiger partial charge >= 0.3 is 6.08 Å². The summed E-state index contributed by atoms with van der Waals surface area (Å²) in [6.07, 6.45) is -3.29. The van der Waals surface area contributed by atoms with E-state index >= 15 is 0 Å². The minimum Gasteiger partial charge on any atom is -0.394 e. The minimum absolute atomic E-state index is 0.106. The zero-order chi connectivity index (χ0) is 17.3. The highest BCUT2D eigenvalue weighted by Crippen LogP contribution is 2.33. The molecule has 0 saturated carbocycles. The minimum atomic E-state index is -1.08. The molecule has 4 N–H and O–H groups in total. The Balaban J connectivity index is 1.96. The predicted octanol–water partition coefficient (Wildman–Crippen LogP) is -1.17. The highest BCUT2D eigenvalue weighted by atomic mass is 19.1. The van der Waals surface area contributed by atoms with Gasteiger partial charge in [0.05, 0.1) is 26.1 Å². The van der Waals surface area contributed by atoms with Gasteiger partial charge in [-0.2, -0.15) is 14.4 Å². The van der Waals surface area contributed by atoms with Crippen LogP contribution in [-0.4, -0.2) is 75.0 Å². The van der Waals surface area contributed by atoms with Gasteiger partial charge in [-0.1, -0.05) is 0 Å². The summed E-state index contributed by atoms with van der Waals surface area (Å²) >= 11 is 0. The molecule has 1 aliphatic heterocycles.